The molecule has 0 amide bonds. The molecule has 0 radical (unpaired) electrons. The van der Waals surface area contributed by atoms with Gasteiger partial charge < -0.3 is 4.42 Å². The molecule has 156 valence electrons. The first-order valence-electron chi connectivity index (χ1n) is 11.3. The Morgan fingerprint density at radius 3 is 2.52 bits per heavy atom. The highest BCUT2D eigenvalue weighted by atomic mass is 16.3. The Kier molecular flexibility index (Phi) is 3.97. The SMILES string of the molecule is c1ccc(-c2cc(-c3nccc4c5c(oc34)CCc3cnccc3-5)cc3ccccc23)cc1. The van der Waals surface area contributed by atoms with E-state index in [0.29, 0.717) is 0 Å². The lowest BCUT2D eigenvalue weighted by Crippen LogP contribution is -2.01. The van der Waals surface area contributed by atoms with Gasteiger partial charge in [0.25, 0.3) is 0 Å². The smallest absolute Gasteiger partial charge is 0.161 e. The number of furan rings is 1. The second-order valence-corrected chi connectivity index (χ2v) is 8.58. The second-order valence-electron chi connectivity index (χ2n) is 8.58. The molecule has 7 rings (SSSR count). The maximum atomic E-state index is 6.51. The van der Waals surface area contributed by atoms with E-state index in [2.05, 4.69) is 83.8 Å². The Hall–Kier alpha value is -4.24. The summed E-state index contributed by atoms with van der Waals surface area (Å²) in [5.74, 6) is 1.04. The third kappa shape index (κ3) is 2.82. The van der Waals surface area contributed by atoms with E-state index < -0.39 is 0 Å². The topological polar surface area (TPSA) is 38.9 Å². The van der Waals surface area contributed by atoms with Crippen LogP contribution in [0.3, 0.4) is 0 Å². The Bertz CT molecular complexity index is 1660. The number of rotatable bonds is 2. The van der Waals surface area contributed by atoms with Gasteiger partial charge in [0.15, 0.2) is 5.58 Å². The minimum atomic E-state index is 0.862. The molecule has 0 aliphatic heterocycles. The number of fused-ring (bicyclic) bond motifs is 6. The molecular formula is C30H20N2O. The lowest BCUT2D eigenvalue weighted by Gasteiger charge is -2.14. The van der Waals surface area contributed by atoms with Crippen LogP contribution in [-0.4, -0.2) is 9.97 Å². The summed E-state index contributed by atoms with van der Waals surface area (Å²) in [4.78, 5) is 9.14. The lowest BCUT2D eigenvalue weighted by molar-refractivity contribution is 0.545. The van der Waals surface area contributed by atoms with E-state index in [1.54, 1.807) is 0 Å². The van der Waals surface area contributed by atoms with Gasteiger partial charge in [-0.15, -0.1) is 0 Å². The minimum absolute atomic E-state index is 0.862. The van der Waals surface area contributed by atoms with Crippen LogP contribution in [0.1, 0.15) is 11.3 Å². The summed E-state index contributed by atoms with van der Waals surface area (Å²) in [6.07, 6.45) is 7.58. The number of nitrogens with zero attached hydrogens (tertiary/aromatic N) is 2. The maximum absolute atomic E-state index is 6.51. The molecule has 3 heteroatoms. The van der Waals surface area contributed by atoms with Gasteiger partial charge in [-0.25, -0.2) is 0 Å². The fourth-order valence-corrected chi connectivity index (χ4v) is 5.17. The van der Waals surface area contributed by atoms with Crippen molar-refractivity contribution in [2.24, 2.45) is 0 Å². The van der Waals surface area contributed by atoms with Crippen LogP contribution in [0, 0.1) is 0 Å². The molecule has 0 fully saturated rings. The van der Waals surface area contributed by atoms with Gasteiger partial charge in [-0.1, -0.05) is 54.6 Å². The van der Waals surface area contributed by atoms with Crippen LogP contribution in [-0.2, 0) is 12.8 Å². The Morgan fingerprint density at radius 2 is 1.58 bits per heavy atom. The molecule has 0 saturated heterocycles. The first kappa shape index (κ1) is 18.3. The first-order valence-corrected chi connectivity index (χ1v) is 11.3. The number of benzene rings is 3. The second kappa shape index (κ2) is 7.14. The van der Waals surface area contributed by atoms with Crippen molar-refractivity contribution in [2.75, 3.05) is 0 Å². The molecule has 3 aromatic heterocycles. The summed E-state index contributed by atoms with van der Waals surface area (Å²) < 4.78 is 6.51. The number of pyridine rings is 2. The molecule has 0 spiro atoms. The summed E-state index contributed by atoms with van der Waals surface area (Å²) in [5, 5.41) is 3.55. The highest BCUT2D eigenvalue weighted by Crippen LogP contribution is 2.43. The van der Waals surface area contributed by atoms with Gasteiger partial charge >= 0.3 is 0 Å². The molecule has 1 aliphatic carbocycles. The Morgan fingerprint density at radius 1 is 0.697 bits per heavy atom. The fraction of sp³-hybridized carbons (Fsp3) is 0.0667. The molecule has 0 bridgehead atoms. The van der Waals surface area contributed by atoms with Gasteiger partial charge in [-0.05, 0) is 63.7 Å². The quantitative estimate of drug-likeness (QED) is 0.289. The molecule has 3 aromatic carbocycles. The van der Waals surface area contributed by atoms with Crippen LogP contribution in [0.25, 0.3) is 55.3 Å². The Labute approximate surface area is 191 Å². The van der Waals surface area contributed by atoms with E-state index in [1.807, 2.05) is 18.6 Å². The van der Waals surface area contributed by atoms with Gasteiger partial charge in [0.2, 0.25) is 0 Å². The lowest BCUT2D eigenvalue weighted by atomic mass is 9.89. The molecule has 3 nitrogen and oxygen atoms in total. The van der Waals surface area contributed by atoms with Crippen molar-refractivity contribution in [3.8, 4) is 33.5 Å². The average molecular weight is 425 g/mol. The standard InChI is InChI=1S/C30H20N2O/c1-2-6-19(7-3-1)26-17-22(16-20-8-4-5-9-23(20)26)29-30-25(13-15-32-29)28-24-12-14-31-18-21(24)10-11-27(28)33-30/h1-9,12-18H,10-11H2. The van der Waals surface area contributed by atoms with Crippen LogP contribution < -0.4 is 0 Å². The molecule has 0 saturated carbocycles. The predicted molar refractivity (Wildman–Crippen MR) is 133 cm³/mol. The third-order valence-corrected chi connectivity index (χ3v) is 6.69. The summed E-state index contributed by atoms with van der Waals surface area (Å²) in [5.41, 5.74) is 8.93. The van der Waals surface area contributed by atoms with Gasteiger partial charge in [-0.3, -0.25) is 9.97 Å². The van der Waals surface area contributed by atoms with E-state index in [9.17, 15) is 0 Å². The summed E-state index contributed by atoms with van der Waals surface area (Å²) >= 11 is 0. The van der Waals surface area contributed by atoms with Gasteiger partial charge in [0, 0.05) is 41.5 Å². The van der Waals surface area contributed by atoms with Crippen molar-refractivity contribution in [1.82, 2.24) is 9.97 Å². The number of aromatic nitrogens is 2. The molecule has 0 atom stereocenters. The average Bonchev–Trinajstić information content (AvgIpc) is 3.28. The summed E-state index contributed by atoms with van der Waals surface area (Å²) in [6, 6.07) is 27.7. The summed E-state index contributed by atoms with van der Waals surface area (Å²) in [7, 11) is 0. The molecule has 0 N–H and O–H groups in total. The number of aryl methyl sites for hydroxylation is 2. The van der Waals surface area contributed by atoms with Gasteiger partial charge in [-0.2, -0.15) is 0 Å². The monoisotopic (exact) mass is 424 g/mol. The zero-order chi connectivity index (χ0) is 21.8. The molecular weight excluding hydrogens is 404 g/mol. The predicted octanol–water partition coefficient (Wildman–Crippen LogP) is 7.48. The van der Waals surface area contributed by atoms with Gasteiger partial charge in [0.05, 0.1) is 0 Å². The van der Waals surface area contributed by atoms with Crippen LogP contribution >= 0.6 is 0 Å². The van der Waals surface area contributed by atoms with E-state index in [1.165, 1.54) is 38.6 Å². The zero-order valence-electron chi connectivity index (χ0n) is 18.0. The van der Waals surface area contributed by atoms with Crippen LogP contribution in [0.15, 0.2) is 102 Å². The number of hydrogen-bond donors (Lipinski definition) is 0. The fourth-order valence-electron chi connectivity index (χ4n) is 5.17. The van der Waals surface area contributed by atoms with Crippen molar-refractivity contribution < 1.29 is 4.42 Å². The largest absolute Gasteiger partial charge is 0.458 e. The van der Waals surface area contributed by atoms with E-state index in [0.717, 1.165) is 40.8 Å². The summed E-state index contributed by atoms with van der Waals surface area (Å²) in [6.45, 7) is 0. The molecule has 6 aromatic rings. The molecule has 33 heavy (non-hydrogen) atoms. The van der Waals surface area contributed by atoms with E-state index in [4.69, 9.17) is 9.40 Å². The molecule has 3 heterocycles. The molecule has 1 aliphatic rings. The minimum Gasteiger partial charge on any atom is -0.458 e. The van der Waals surface area contributed by atoms with Crippen molar-refractivity contribution >= 4 is 21.7 Å². The highest BCUT2D eigenvalue weighted by Gasteiger charge is 2.25. The van der Waals surface area contributed by atoms with Crippen LogP contribution in [0.5, 0.6) is 0 Å². The maximum Gasteiger partial charge on any atom is 0.161 e. The van der Waals surface area contributed by atoms with Crippen molar-refractivity contribution in [3.05, 3.63) is 109 Å². The number of hydrogen-bond acceptors (Lipinski definition) is 3. The first-order chi connectivity index (χ1) is 16.4. The van der Waals surface area contributed by atoms with Crippen molar-refractivity contribution in [1.29, 1.82) is 0 Å². The third-order valence-electron chi connectivity index (χ3n) is 6.69. The zero-order valence-corrected chi connectivity index (χ0v) is 18.0. The highest BCUT2D eigenvalue weighted by molar-refractivity contribution is 6.05. The van der Waals surface area contributed by atoms with Crippen molar-refractivity contribution in [3.63, 3.8) is 0 Å². The van der Waals surface area contributed by atoms with Crippen molar-refractivity contribution in [2.45, 2.75) is 12.8 Å². The Balaban J connectivity index is 1.51. The van der Waals surface area contributed by atoms with Crippen LogP contribution in [0.4, 0.5) is 0 Å². The van der Waals surface area contributed by atoms with Crippen LogP contribution in [0.2, 0.25) is 0 Å². The normalized spacial score (nSPS) is 12.6. The van der Waals surface area contributed by atoms with E-state index >= 15 is 0 Å². The van der Waals surface area contributed by atoms with E-state index in [-0.39, 0.29) is 0 Å². The molecule has 0 unspecified atom stereocenters. The van der Waals surface area contributed by atoms with Gasteiger partial charge in [0.1, 0.15) is 11.5 Å².